The summed E-state index contributed by atoms with van der Waals surface area (Å²) in [5.41, 5.74) is 1.41. The molecule has 2 atom stereocenters. The average molecular weight is 292 g/mol. The molecular weight excluding hydrogens is 271 g/mol. The first-order valence-electron chi connectivity index (χ1n) is 7.37. The van der Waals surface area contributed by atoms with Crippen LogP contribution < -0.4 is 0 Å². The van der Waals surface area contributed by atoms with Crippen LogP contribution in [0.4, 0.5) is 4.39 Å². The Bertz CT molecular complexity index is 533. The van der Waals surface area contributed by atoms with E-state index in [0.717, 1.165) is 5.56 Å². The van der Waals surface area contributed by atoms with Crippen molar-refractivity contribution in [3.05, 3.63) is 35.1 Å². The molecule has 0 radical (unpaired) electrons. The summed E-state index contributed by atoms with van der Waals surface area (Å²) < 4.78 is 18.8. The molecule has 0 saturated carbocycles. The van der Waals surface area contributed by atoms with Gasteiger partial charge in [-0.05, 0) is 42.9 Å². The van der Waals surface area contributed by atoms with Gasteiger partial charge in [-0.3, -0.25) is 9.59 Å². The van der Waals surface area contributed by atoms with Gasteiger partial charge in [-0.15, -0.1) is 0 Å². The van der Waals surface area contributed by atoms with E-state index >= 15 is 0 Å². The third-order valence-electron chi connectivity index (χ3n) is 4.17. The highest BCUT2D eigenvalue weighted by molar-refractivity contribution is 6.01. The van der Waals surface area contributed by atoms with Crippen molar-refractivity contribution in [2.45, 2.75) is 46.1 Å². The quantitative estimate of drug-likeness (QED) is 0.632. The van der Waals surface area contributed by atoms with Crippen LogP contribution in [0.15, 0.2) is 18.2 Å². The van der Waals surface area contributed by atoms with Crippen LogP contribution in [0.5, 0.6) is 0 Å². The Morgan fingerprint density at radius 1 is 1.33 bits per heavy atom. The largest absolute Gasteiger partial charge is 0.461 e. The van der Waals surface area contributed by atoms with Crippen molar-refractivity contribution in [1.82, 2.24) is 0 Å². The zero-order chi connectivity index (χ0) is 15.6. The number of Topliss-reactive ketones (excluding diaryl/α,β-unsaturated/α-hetero) is 1. The molecule has 1 fully saturated rings. The molecule has 0 N–H and O–H groups in total. The van der Waals surface area contributed by atoms with Crippen molar-refractivity contribution in [3.63, 3.8) is 0 Å². The first-order valence-corrected chi connectivity index (χ1v) is 7.37. The Morgan fingerprint density at radius 2 is 2.05 bits per heavy atom. The van der Waals surface area contributed by atoms with Crippen LogP contribution >= 0.6 is 0 Å². The molecule has 0 bridgehead atoms. The van der Waals surface area contributed by atoms with Gasteiger partial charge in [-0.1, -0.05) is 26.0 Å². The lowest BCUT2D eigenvalue weighted by Crippen LogP contribution is -2.40. The van der Waals surface area contributed by atoms with Gasteiger partial charge >= 0.3 is 5.97 Å². The molecule has 3 nitrogen and oxygen atoms in total. The molecule has 2 unspecified atom stereocenters. The highest BCUT2D eigenvalue weighted by atomic mass is 19.1. The van der Waals surface area contributed by atoms with Crippen molar-refractivity contribution in [1.29, 1.82) is 0 Å². The average Bonchev–Trinajstić information content (AvgIpc) is 2.42. The highest BCUT2D eigenvalue weighted by Crippen LogP contribution is 2.26. The molecule has 0 amide bonds. The van der Waals surface area contributed by atoms with Gasteiger partial charge in [0.15, 0.2) is 5.78 Å². The van der Waals surface area contributed by atoms with E-state index in [1.54, 1.807) is 13.0 Å². The lowest BCUT2D eigenvalue weighted by molar-refractivity contribution is -0.167. The van der Waals surface area contributed by atoms with E-state index < -0.39 is 11.9 Å². The Hall–Kier alpha value is -1.71. The summed E-state index contributed by atoms with van der Waals surface area (Å²) in [6.45, 7) is 5.57. The Balaban J connectivity index is 2.02. The fourth-order valence-corrected chi connectivity index (χ4v) is 2.62. The van der Waals surface area contributed by atoms with E-state index in [-0.39, 0.29) is 30.0 Å². The van der Waals surface area contributed by atoms with Gasteiger partial charge in [0.05, 0.1) is 0 Å². The zero-order valence-corrected chi connectivity index (χ0v) is 12.7. The number of benzene rings is 1. The lowest BCUT2D eigenvalue weighted by Gasteiger charge is -2.29. The van der Waals surface area contributed by atoms with Gasteiger partial charge in [0, 0.05) is 6.42 Å². The third kappa shape index (κ3) is 3.49. The van der Waals surface area contributed by atoms with Crippen LogP contribution in [0.1, 0.15) is 37.8 Å². The second-order valence-electron chi connectivity index (χ2n) is 6.01. The van der Waals surface area contributed by atoms with Crippen LogP contribution in [0.2, 0.25) is 0 Å². The number of hydrogen-bond acceptors (Lipinski definition) is 3. The highest BCUT2D eigenvalue weighted by Gasteiger charge is 2.37. The van der Waals surface area contributed by atoms with Gasteiger partial charge in [-0.25, -0.2) is 4.39 Å². The molecule has 4 heteroatoms. The molecule has 1 aromatic rings. The molecule has 1 saturated heterocycles. The number of halogens is 1. The van der Waals surface area contributed by atoms with E-state index in [0.29, 0.717) is 18.4 Å². The minimum atomic E-state index is -0.706. The molecule has 21 heavy (non-hydrogen) atoms. The number of ketones is 1. The number of rotatable bonds is 4. The number of carbonyl (C=O) groups excluding carboxylic acids is 2. The summed E-state index contributed by atoms with van der Waals surface area (Å²) in [4.78, 5) is 24.1. The molecule has 0 aromatic heterocycles. The maximum atomic E-state index is 13.5. The van der Waals surface area contributed by atoms with Crippen LogP contribution in [0, 0.1) is 24.6 Å². The summed E-state index contributed by atoms with van der Waals surface area (Å²) in [7, 11) is 0. The number of aryl methyl sites for hydroxylation is 1. The maximum absolute atomic E-state index is 13.5. The minimum Gasteiger partial charge on any atom is -0.461 e. The van der Waals surface area contributed by atoms with E-state index in [9.17, 15) is 14.0 Å². The van der Waals surface area contributed by atoms with E-state index in [2.05, 4.69) is 0 Å². The van der Waals surface area contributed by atoms with Crippen LogP contribution in [-0.2, 0) is 20.7 Å². The van der Waals surface area contributed by atoms with Crippen LogP contribution in [0.25, 0.3) is 0 Å². The normalized spacial score (nSPS) is 22.5. The molecule has 1 aliphatic heterocycles. The topological polar surface area (TPSA) is 43.4 Å². The maximum Gasteiger partial charge on any atom is 0.316 e. The van der Waals surface area contributed by atoms with E-state index in [1.165, 1.54) is 6.07 Å². The summed E-state index contributed by atoms with van der Waals surface area (Å²) in [6, 6.07) is 4.88. The van der Waals surface area contributed by atoms with Gasteiger partial charge in [0.1, 0.15) is 17.8 Å². The van der Waals surface area contributed by atoms with Gasteiger partial charge < -0.3 is 4.74 Å². The number of ether oxygens (including phenoxy) is 1. The first-order chi connectivity index (χ1) is 9.90. The first kappa shape index (κ1) is 15.7. The van der Waals surface area contributed by atoms with Crippen LogP contribution in [-0.4, -0.2) is 17.9 Å². The standard InChI is InChI=1S/C17H21FO3/c1-10(2)16-9-15(19)13(17(20)21-16)8-7-12-5-4-6-14(18)11(12)3/h4-6,10,13,16H,7-9H2,1-3H3. The fourth-order valence-electron chi connectivity index (χ4n) is 2.62. The molecule has 0 spiro atoms. The second kappa shape index (κ2) is 6.37. The monoisotopic (exact) mass is 292 g/mol. The molecule has 114 valence electrons. The second-order valence-corrected chi connectivity index (χ2v) is 6.01. The zero-order valence-electron chi connectivity index (χ0n) is 12.7. The molecular formula is C17H21FO3. The number of carbonyl (C=O) groups is 2. The molecule has 1 aliphatic rings. The molecule has 1 aromatic carbocycles. The third-order valence-corrected chi connectivity index (χ3v) is 4.17. The van der Waals surface area contributed by atoms with Crippen LogP contribution in [0.3, 0.4) is 0 Å². The van der Waals surface area contributed by atoms with Crippen molar-refractivity contribution in [2.24, 2.45) is 11.8 Å². The fraction of sp³-hybridized carbons (Fsp3) is 0.529. The van der Waals surface area contributed by atoms with Gasteiger partial charge in [0.2, 0.25) is 0 Å². The minimum absolute atomic E-state index is 0.0565. The SMILES string of the molecule is Cc1c(F)cccc1CCC1C(=O)CC(C(C)C)OC1=O. The van der Waals surface area contributed by atoms with Crippen molar-refractivity contribution >= 4 is 11.8 Å². The number of hydrogen-bond donors (Lipinski definition) is 0. The van der Waals surface area contributed by atoms with Gasteiger partial charge in [-0.2, -0.15) is 0 Å². The predicted octanol–water partition coefficient (Wildman–Crippen LogP) is 3.22. The Morgan fingerprint density at radius 3 is 2.67 bits per heavy atom. The predicted molar refractivity (Wildman–Crippen MR) is 77.3 cm³/mol. The Kier molecular flexibility index (Phi) is 4.76. The summed E-state index contributed by atoms with van der Waals surface area (Å²) >= 11 is 0. The van der Waals surface area contributed by atoms with E-state index in [1.807, 2.05) is 19.9 Å². The van der Waals surface area contributed by atoms with Gasteiger partial charge in [0.25, 0.3) is 0 Å². The molecule has 2 rings (SSSR count). The number of cyclic esters (lactones) is 1. The lowest BCUT2D eigenvalue weighted by atomic mass is 9.87. The van der Waals surface area contributed by atoms with E-state index in [4.69, 9.17) is 4.74 Å². The summed E-state index contributed by atoms with van der Waals surface area (Å²) in [5.74, 6) is -1.31. The number of esters is 1. The Labute approximate surface area is 124 Å². The summed E-state index contributed by atoms with van der Waals surface area (Å²) in [6.07, 6.45) is 0.863. The smallest absolute Gasteiger partial charge is 0.316 e. The van der Waals surface area contributed by atoms with Crippen molar-refractivity contribution in [3.8, 4) is 0 Å². The molecule has 0 aliphatic carbocycles. The molecule has 1 heterocycles. The van der Waals surface area contributed by atoms with Crippen molar-refractivity contribution in [2.75, 3.05) is 0 Å². The van der Waals surface area contributed by atoms with Crippen molar-refractivity contribution < 1.29 is 18.7 Å². The summed E-state index contributed by atoms with van der Waals surface area (Å²) in [5, 5.41) is 0.